The van der Waals surface area contributed by atoms with Crippen LogP contribution in [0.4, 0.5) is 0 Å². The molecule has 0 spiro atoms. The minimum absolute atomic E-state index is 0.0670. The van der Waals surface area contributed by atoms with Crippen molar-refractivity contribution < 1.29 is 9.84 Å². The van der Waals surface area contributed by atoms with Gasteiger partial charge in [0.15, 0.2) is 0 Å². The summed E-state index contributed by atoms with van der Waals surface area (Å²) in [6, 6.07) is 7.24. The summed E-state index contributed by atoms with van der Waals surface area (Å²) in [5.41, 5.74) is 6.11. The van der Waals surface area contributed by atoms with Gasteiger partial charge in [0.1, 0.15) is 18.2 Å². The van der Waals surface area contributed by atoms with E-state index >= 15 is 0 Å². The van der Waals surface area contributed by atoms with Crippen LogP contribution < -0.4 is 10.5 Å². The van der Waals surface area contributed by atoms with Crippen molar-refractivity contribution in [3.8, 4) is 5.75 Å². The van der Waals surface area contributed by atoms with Gasteiger partial charge in [-0.05, 0) is 36.6 Å². The van der Waals surface area contributed by atoms with E-state index in [1.165, 1.54) is 0 Å². The second kappa shape index (κ2) is 6.72. The number of hydrogen-bond donors (Lipinski definition) is 3. The minimum atomic E-state index is -0.161. The quantitative estimate of drug-likeness (QED) is 0.555. The summed E-state index contributed by atoms with van der Waals surface area (Å²) in [6.45, 7) is 5.43. The SMILES string of the molecule is CC1CN(CCOc2ccc(C(=N)N)cc2)CCC1O. The molecule has 0 radical (unpaired) electrons. The predicted octanol–water partition coefficient (Wildman–Crippen LogP) is 1.05. The summed E-state index contributed by atoms with van der Waals surface area (Å²) in [5.74, 6) is 1.19. The van der Waals surface area contributed by atoms with Gasteiger partial charge >= 0.3 is 0 Å². The Morgan fingerprint density at radius 3 is 2.75 bits per heavy atom. The molecule has 0 saturated carbocycles. The third-order valence-electron chi connectivity index (χ3n) is 3.79. The van der Waals surface area contributed by atoms with Gasteiger partial charge < -0.3 is 15.6 Å². The maximum atomic E-state index is 9.68. The highest BCUT2D eigenvalue weighted by molar-refractivity contribution is 5.94. The average molecular weight is 277 g/mol. The number of nitrogens with one attached hydrogen (secondary N) is 1. The van der Waals surface area contributed by atoms with Gasteiger partial charge in [0.2, 0.25) is 0 Å². The van der Waals surface area contributed by atoms with Crippen molar-refractivity contribution in [1.29, 1.82) is 5.41 Å². The molecular formula is C15H23N3O2. The Morgan fingerprint density at radius 1 is 1.45 bits per heavy atom. The number of likely N-dealkylation sites (tertiary alicyclic amines) is 1. The van der Waals surface area contributed by atoms with Crippen LogP contribution >= 0.6 is 0 Å². The van der Waals surface area contributed by atoms with Crippen LogP contribution in [0.3, 0.4) is 0 Å². The van der Waals surface area contributed by atoms with Crippen LogP contribution in [0.25, 0.3) is 0 Å². The molecule has 1 aliphatic heterocycles. The zero-order chi connectivity index (χ0) is 14.5. The molecule has 1 aromatic carbocycles. The smallest absolute Gasteiger partial charge is 0.122 e. The van der Waals surface area contributed by atoms with Gasteiger partial charge in [0.05, 0.1) is 6.10 Å². The van der Waals surface area contributed by atoms with Crippen LogP contribution in [0.1, 0.15) is 18.9 Å². The summed E-state index contributed by atoms with van der Waals surface area (Å²) < 4.78 is 5.69. The first-order valence-corrected chi connectivity index (χ1v) is 7.04. The number of nitrogens with zero attached hydrogens (tertiary/aromatic N) is 1. The molecule has 1 fully saturated rings. The molecule has 0 amide bonds. The van der Waals surface area contributed by atoms with E-state index in [0.29, 0.717) is 18.1 Å². The molecule has 5 heteroatoms. The number of aliphatic hydroxyl groups excluding tert-OH is 1. The van der Waals surface area contributed by atoms with E-state index < -0.39 is 0 Å². The number of benzene rings is 1. The predicted molar refractivity (Wildman–Crippen MR) is 79.2 cm³/mol. The third kappa shape index (κ3) is 3.95. The monoisotopic (exact) mass is 277 g/mol. The van der Waals surface area contributed by atoms with Crippen molar-refractivity contribution in [2.24, 2.45) is 11.7 Å². The first kappa shape index (κ1) is 14.8. The number of aliphatic hydroxyl groups is 1. The first-order chi connectivity index (χ1) is 9.56. The van der Waals surface area contributed by atoms with E-state index in [-0.39, 0.29) is 11.9 Å². The van der Waals surface area contributed by atoms with Gasteiger partial charge in [0.25, 0.3) is 0 Å². The second-order valence-electron chi connectivity index (χ2n) is 5.42. The molecule has 20 heavy (non-hydrogen) atoms. The van der Waals surface area contributed by atoms with Crippen LogP contribution in [0.15, 0.2) is 24.3 Å². The number of rotatable bonds is 5. The van der Waals surface area contributed by atoms with E-state index in [2.05, 4.69) is 11.8 Å². The number of hydrogen-bond acceptors (Lipinski definition) is 4. The van der Waals surface area contributed by atoms with E-state index in [9.17, 15) is 5.11 Å². The van der Waals surface area contributed by atoms with Gasteiger partial charge in [-0.2, -0.15) is 0 Å². The summed E-state index contributed by atoms with van der Waals surface area (Å²) in [5, 5.41) is 17.0. The first-order valence-electron chi connectivity index (χ1n) is 7.04. The van der Waals surface area contributed by atoms with Crippen molar-refractivity contribution in [3.63, 3.8) is 0 Å². The highest BCUT2D eigenvalue weighted by atomic mass is 16.5. The summed E-state index contributed by atoms with van der Waals surface area (Å²) in [4.78, 5) is 2.32. The molecule has 0 bridgehead atoms. The van der Waals surface area contributed by atoms with Crippen LogP contribution in [0.5, 0.6) is 5.75 Å². The Hall–Kier alpha value is -1.59. The molecule has 2 atom stereocenters. The van der Waals surface area contributed by atoms with Crippen molar-refractivity contribution in [3.05, 3.63) is 29.8 Å². The normalized spacial score (nSPS) is 23.5. The standard InChI is InChI=1S/C15H23N3O2/c1-11-10-18(7-6-14(11)19)8-9-20-13-4-2-12(3-5-13)15(16)17/h2-5,11,14,19H,6-10H2,1H3,(H3,16,17). The molecule has 1 aromatic rings. The van der Waals surface area contributed by atoms with Gasteiger partial charge in [0, 0.05) is 25.2 Å². The van der Waals surface area contributed by atoms with Gasteiger partial charge in [-0.3, -0.25) is 10.3 Å². The lowest BCUT2D eigenvalue weighted by molar-refractivity contribution is 0.0304. The van der Waals surface area contributed by atoms with Crippen molar-refractivity contribution in [2.45, 2.75) is 19.4 Å². The molecular weight excluding hydrogens is 254 g/mol. The Morgan fingerprint density at radius 2 is 2.15 bits per heavy atom. The highest BCUT2D eigenvalue weighted by Gasteiger charge is 2.23. The number of nitrogen functional groups attached to an aromatic ring is 1. The second-order valence-corrected chi connectivity index (χ2v) is 5.42. The number of ether oxygens (including phenoxy) is 1. The fraction of sp³-hybridized carbons (Fsp3) is 0.533. The molecule has 1 aliphatic rings. The summed E-state index contributed by atoms with van der Waals surface area (Å²) in [6.07, 6.45) is 0.681. The van der Waals surface area contributed by atoms with Crippen LogP contribution in [-0.4, -0.2) is 48.2 Å². The summed E-state index contributed by atoms with van der Waals surface area (Å²) in [7, 11) is 0. The van der Waals surface area contributed by atoms with E-state index in [1.54, 1.807) is 12.1 Å². The van der Waals surface area contributed by atoms with E-state index in [0.717, 1.165) is 31.8 Å². The largest absolute Gasteiger partial charge is 0.492 e. The lowest BCUT2D eigenvalue weighted by Gasteiger charge is -2.34. The molecule has 0 aromatic heterocycles. The topological polar surface area (TPSA) is 82.6 Å². The Kier molecular flexibility index (Phi) is 4.98. The molecule has 1 saturated heterocycles. The lowest BCUT2D eigenvalue weighted by Crippen LogP contribution is -2.43. The fourth-order valence-electron chi connectivity index (χ4n) is 2.45. The Balaban J connectivity index is 1.74. The molecule has 0 aliphatic carbocycles. The molecule has 110 valence electrons. The zero-order valence-electron chi connectivity index (χ0n) is 11.9. The molecule has 2 unspecified atom stereocenters. The van der Waals surface area contributed by atoms with Crippen LogP contribution in [0.2, 0.25) is 0 Å². The highest BCUT2D eigenvalue weighted by Crippen LogP contribution is 2.16. The summed E-state index contributed by atoms with van der Waals surface area (Å²) >= 11 is 0. The van der Waals surface area contributed by atoms with Crippen LogP contribution in [-0.2, 0) is 0 Å². The third-order valence-corrected chi connectivity index (χ3v) is 3.79. The molecule has 5 nitrogen and oxygen atoms in total. The lowest BCUT2D eigenvalue weighted by atomic mass is 9.97. The molecule has 2 rings (SSSR count). The number of amidine groups is 1. The maximum Gasteiger partial charge on any atom is 0.122 e. The fourth-order valence-corrected chi connectivity index (χ4v) is 2.45. The van der Waals surface area contributed by atoms with Gasteiger partial charge in [-0.1, -0.05) is 6.92 Å². The Bertz CT molecular complexity index is 447. The minimum Gasteiger partial charge on any atom is -0.492 e. The number of piperidine rings is 1. The molecule has 4 N–H and O–H groups in total. The van der Waals surface area contributed by atoms with Gasteiger partial charge in [-0.15, -0.1) is 0 Å². The van der Waals surface area contributed by atoms with E-state index in [4.69, 9.17) is 15.9 Å². The van der Waals surface area contributed by atoms with Crippen molar-refractivity contribution in [2.75, 3.05) is 26.2 Å². The maximum absolute atomic E-state index is 9.68. The van der Waals surface area contributed by atoms with Crippen molar-refractivity contribution in [1.82, 2.24) is 4.90 Å². The molecule has 1 heterocycles. The van der Waals surface area contributed by atoms with Gasteiger partial charge in [-0.25, -0.2) is 0 Å². The number of nitrogens with two attached hydrogens (primary N) is 1. The van der Waals surface area contributed by atoms with Crippen LogP contribution in [0, 0.1) is 11.3 Å². The Labute approximate surface area is 119 Å². The van der Waals surface area contributed by atoms with E-state index in [1.807, 2.05) is 12.1 Å². The zero-order valence-corrected chi connectivity index (χ0v) is 11.9. The van der Waals surface area contributed by atoms with Crippen molar-refractivity contribution >= 4 is 5.84 Å². The average Bonchev–Trinajstić information content (AvgIpc) is 2.43.